The summed E-state index contributed by atoms with van der Waals surface area (Å²) in [5, 5.41) is 0. The van der Waals surface area contributed by atoms with Gasteiger partial charge in [-0.05, 0) is 18.4 Å². The topological polar surface area (TPSA) is 74.3 Å². The van der Waals surface area contributed by atoms with Gasteiger partial charge in [0.05, 0.1) is 12.8 Å². The maximum absolute atomic E-state index is 11.7. The monoisotopic (exact) mass is 238 g/mol. The van der Waals surface area contributed by atoms with Crippen LogP contribution in [-0.2, 0) is 17.6 Å². The number of aldehydes is 1. The first-order valence-corrected chi connectivity index (χ1v) is 5.67. The molecule has 0 aliphatic heterocycles. The quantitative estimate of drug-likeness (QED) is 0.477. The highest BCUT2D eigenvalue weighted by Crippen LogP contribution is 2.22. The van der Waals surface area contributed by atoms with E-state index in [2.05, 4.69) is 0 Å². The van der Waals surface area contributed by atoms with Crippen LogP contribution in [0.2, 0.25) is 0 Å². The van der Waals surface area contributed by atoms with Crippen molar-refractivity contribution in [2.75, 3.05) is 13.0 Å². The standard InChI is InChI=1S/C12H18N2O3/c1-4-6-10-9(7-15)8(5-2)11(14(10)13)12(16)17-3/h7H,4-6,13H2,1-3H3. The molecule has 0 spiro atoms. The molecule has 2 N–H and O–H groups in total. The number of methoxy groups -OCH3 is 1. The zero-order valence-electron chi connectivity index (χ0n) is 10.4. The molecule has 0 aromatic carbocycles. The molecule has 0 radical (unpaired) electrons. The first kappa shape index (κ1) is 13.3. The third-order valence-electron chi connectivity index (χ3n) is 2.79. The van der Waals surface area contributed by atoms with E-state index in [0.717, 1.165) is 12.7 Å². The van der Waals surface area contributed by atoms with Crippen molar-refractivity contribution in [3.8, 4) is 0 Å². The number of esters is 1. The second-order valence-electron chi connectivity index (χ2n) is 3.77. The summed E-state index contributed by atoms with van der Waals surface area (Å²) in [6, 6.07) is 0. The minimum atomic E-state index is -0.505. The van der Waals surface area contributed by atoms with Crippen LogP contribution >= 0.6 is 0 Å². The highest BCUT2D eigenvalue weighted by Gasteiger charge is 2.24. The van der Waals surface area contributed by atoms with E-state index in [1.807, 2.05) is 13.8 Å². The number of rotatable bonds is 5. The number of nitrogen functional groups attached to an aromatic ring is 1. The van der Waals surface area contributed by atoms with Gasteiger partial charge in [-0.2, -0.15) is 0 Å². The van der Waals surface area contributed by atoms with Crippen molar-refractivity contribution in [1.82, 2.24) is 4.68 Å². The Hall–Kier alpha value is -1.78. The van der Waals surface area contributed by atoms with Crippen LogP contribution in [0.5, 0.6) is 0 Å². The number of hydrogen-bond acceptors (Lipinski definition) is 4. The van der Waals surface area contributed by atoms with Crippen molar-refractivity contribution in [2.45, 2.75) is 33.1 Å². The number of hydrogen-bond donors (Lipinski definition) is 1. The lowest BCUT2D eigenvalue weighted by Gasteiger charge is -2.05. The van der Waals surface area contributed by atoms with Crippen LogP contribution in [0.4, 0.5) is 0 Å². The smallest absolute Gasteiger partial charge is 0.356 e. The third-order valence-corrected chi connectivity index (χ3v) is 2.79. The van der Waals surface area contributed by atoms with Crippen molar-refractivity contribution in [3.63, 3.8) is 0 Å². The summed E-state index contributed by atoms with van der Waals surface area (Å²) in [4.78, 5) is 22.8. The zero-order valence-corrected chi connectivity index (χ0v) is 10.4. The molecule has 5 heteroatoms. The van der Waals surface area contributed by atoms with Gasteiger partial charge in [-0.15, -0.1) is 0 Å². The largest absolute Gasteiger partial charge is 0.464 e. The molecule has 0 bridgehead atoms. The van der Waals surface area contributed by atoms with Crippen LogP contribution in [-0.4, -0.2) is 24.0 Å². The van der Waals surface area contributed by atoms with Crippen LogP contribution in [0.3, 0.4) is 0 Å². The van der Waals surface area contributed by atoms with E-state index >= 15 is 0 Å². The molecule has 5 nitrogen and oxygen atoms in total. The lowest BCUT2D eigenvalue weighted by Crippen LogP contribution is -2.20. The Bertz CT molecular complexity index is 435. The van der Waals surface area contributed by atoms with Crippen molar-refractivity contribution < 1.29 is 14.3 Å². The molecule has 0 fully saturated rings. The van der Waals surface area contributed by atoms with Crippen molar-refractivity contribution in [1.29, 1.82) is 0 Å². The molecule has 0 aliphatic rings. The number of carbonyl (C=O) groups excluding carboxylic acids is 2. The number of nitrogens with zero attached hydrogens (tertiary/aromatic N) is 1. The molecule has 0 unspecified atom stereocenters. The predicted molar refractivity (Wildman–Crippen MR) is 64.7 cm³/mol. The lowest BCUT2D eigenvalue weighted by molar-refractivity contribution is 0.0589. The van der Waals surface area contributed by atoms with Gasteiger partial charge >= 0.3 is 5.97 Å². The Labute approximate surface area is 101 Å². The van der Waals surface area contributed by atoms with Gasteiger partial charge in [0.15, 0.2) is 12.0 Å². The van der Waals surface area contributed by atoms with Gasteiger partial charge in [0.25, 0.3) is 0 Å². The Balaban J connectivity index is 3.48. The highest BCUT2D eigenvalue weighted by atomic mass is 16.5. The van der Waals surface area contributed by atoms with Crippen molar-refractivity contribution in [2.24, 2.45) is 0 Å². The summed E-state index contributed by atoms with van der Waals surface area (Å²) >= 11 is 0. The normalized spacial score (nSPS) is 10.3. The van der Waals surface area contributed by atoms with Gasteiger partial charge in [-0.1, -0.05) is 20.3 Å². The molecule has 94 valence electrons. The maximum Gasteiger partial charge on any atom is 0.356 e. The van der Waals surface area contributed by atoms with Crippen LogP contribution in [0.15, 0.2) is 0 Å². The molecule has 1 aromatic rings. The summed E-state index contributed by atoms with van der Waals surface area (Å²) < 4.78 is 5.98. The summed E-state index contributed by atoms with van der Waals surface area (Å²) in [5.74, 6) is 5.37. The summed E-state index contributed by atoms with van der Waals surface area (Å²) in [7, 11) is 1.30. The average molecular weight is 238 g/mol. The number of aromatic nitrogens is 1. The van der Waals surface area contributed by atoms with E-state index in [0.29, 0.717) is 29.7 Å². The van der Waals surface area contributed by atoms with E-state index in [9.17, 15) is 9.59 Å². The van der Waals surface area contributed by atoms with Gasteiger partial charge in [-0.3, -0.25) is 9.47 Å². The summed E-state index contributed by atoms with van der Waals surface area (Å²) in [6.45, 7) is 3.87. The van der Waals surface area contributed by atoms with E-state index in [1.165, 1.54) is 11.8 Å². The van der Waals surface area contributed by atoms with Gasteiger partial charge in [0.1, 0.15) is 0 Å². The van der Waals surface area contributed by atoms with Crippen molar-refractivity contribution in [3.05, 3.63) is 22.5 Å². The molecule has 0 aliphatic carbocycles. The highest BCUT2D eigenvalue weighted by molar-refractivity contribution is 5.94. The molecule has 17 heavy (non-hydrogen) atoms. The fourth-order valence-corrected chi connectivity index (χ4v) is 2.02. The number of carbonyl (C=O) groups is 2. The number of nitrogens with two attached hydrogens (primary N) is 1. The molecule has 1 heterocycles. The molecule has 0 saturated carbocycles. The molecule has 0 atom stereocenters. The van der Waals surface area contributed by atoms with Crippen LogP contribution in [0.1, 0.15) is 52.4 Å². The van der Waals surface area contributed by atoms with Crippen LogP contribution in [0.25, 0.3) is 0 Å². The maximum atomic E-state index is 11.7. The van der Waals surface area contributed by atoms with E-state index in [4.69, 9.17) is 10.6 Å². The Morgan fingerprint density at radius 3 is 2.53 bits per heavy atom. The first-order valence-electron chi connectivity index (χ1n) is 5.67. The minimum absolute atomic E-state index is 0.278. The average Bonchev–Trinajstić information content (AvgIpc) is 2.61. The summed E-state index contributed by atoms with van der Waals surface area (Å²) in [5.41, 5.74) is 2.16. The molecule has 1 rings (SSSR count). The first-order chi connectivity index (χ1) is 8.12. The van der Waals surface area contributed by atoms with Gasteiger partial charge < -0.3 is 10.6 Å². The molecule has 0 saturated heterocycles. The second-order valence-corrected chi connectivity index (χ2v) is 3.77. The zero-order chi connectivity index (χ0) is 13.0. The minimum Gasteiger partial charge on any atom is -0.464 e. The van der Waals surface area contributed by atoms with E-state index < -0.39 is 5.97 Å². The van der Waals surface area contributed by atoms with Gasteiger partial charge in [0.2, 0.25) is 0 Å². The molecular formula is C12H18N2O3. The Morgan fingerprint density at radius 1 is 1.47 bits per heavy atom. The van der Waals surface area contributed by atoms with Gasteiger partial charge in [0, 0.05) is 5.56 Å². The Morgan fingerprint density at radius 2 is 2.12 bits per heavy atom. The van der Waals surface area contributed by atoms with Crippen LogP contribution in [0, 0.1) is 0 Å². The molecular weight excluding hydrogens is 220 g/mol. The number of ether oxygens (including phenoxy) is 1. The van der Waals surface area contributed by atoms with Gasteiger partial charge in [-0.25, -0.2) is 4.79 Å². The third kappa shape index (κ3) is 2.18. The van der Waals surface area contributed by atoms with Crippen molar-refractivity contribution >= 4 is 12.3 Å². The summed E-state index contributed by atoms with van der Waals surface area (Å²) in [6.07, 6.45) is 2.85. The Kier molecular flexibility index (Phi) is 4.31. The fourth-order valence-electron chi connectivity index (χ4n) is 2.02. The van der Waals surface area contributed by atoms with E-state index in [1.54, 1.807) is 0 Å². The fraction of sp³-hybridized carbons (Fsp3) is 0.500. The predicted octanol–water partition coefficient (Wildman–Crippen LogP) is 1.32. The van der Waals surface area contributed by atoms with Crippen LogP contribution < -0.4 is 5.84 Å². The SMILES string of the molecule is CCCc1c(C=O)c(CC)c(C(=O)OC)n1N. The lowest BCUT2D eigenvalue weighted by atomic mass is 10.1. The molecule has 0 amide bonds. The van der Waals surface area contributed by atoms with E-state index in [-0.39, 0.29) is 5.69 Å². The second kappa shape index (κ2) is 5.52. The molecule has 1 aromatic heterocycles.